The maximum Gasteiger partial charge on any atom is 0.283 e. The summed E-state index contributed by atoms with van der Waals surface area (Å²) in [7, 11) is 0. The van der Waals surface area contributed by atoms with Gasteiger partial charge in [0.05, 0.1) is 18.5 Å². The number of thiazole rings is 1. The van der Waals surface area contributed by atoms with Gasteiger partial charge in [-0.05, 0) is 25.5 Å². The number of aromatic nitrogens is 1. The topological polar surface area (TPSA) is 89.6 Å². The highest BCUT2D eigenvalue weighted by atomic mass is 32.1. The van der Waals surface area contributed by atoms with Crippen LogP contribution in [0, 0.1) is 6.92 Å². The first-order valence-electron chi connectivity index (χ1n) is 6.90. The second-order valence-corrected chi connectivity index (χ2v) is 5.58. The minimum absolute atomic E-state index is 0.324. The van der Waals surface area contributed by atoms with Gasteiger partial charge in [0.25, 0.3) is 5.91 Å². The molecule has 1 aromatic carbocycles. The van der Waals surface area contributed by atoms with E-state index in [-0.39, 0.29) is 5.91 Å². The first-order valence-corrected chi connectivity index (χ1v) is 7.71. The smallest absolute Gasteiger partial charge is 0.283 e. The molecule has 22 heavy (non-hydrogen) atoms. The molecule has 3 N–H and O–H groups in total. The Morgan fingerprint density at radius 2 is 2.27 bits per heavy atom. The molecule has 2 aromatic rings. The SMILES string of the molecule is CCCOc1ccccc1C=NNC(=O)c1sc(N)nc1C. The van der Waals surface area contributed by atoms with E-state index in [4.69, 9.17) is 10.5 Å². The molecule has 0 unspecified atom stereocenters. The number of nitrogens with zero attached hydrogens (tertiary/aromatic N) is 2. The van der Waals surface area contributed by atoms with E-state index >= 15 is 0 Å². The van der Waals surface area contributed by atoms with Gasteiger partial charge in [0.2, 0.25) is 0 Å². The number of nitrogen functional groups attached to an aromatic ring is 1. The Kier molecular flexibility index (Phi) is 5.48. The van der Waals surface area contributed by atoms with Crippen molar-refractivity contribution in [1.29, 1.82) is 0 Å². The number of aryl methyl sites for hydroxylation is 1. The second-order valence-electron chi connectivity index (χ2n) is 4.55. The lowest BCUT2D eigenvalue weighted by molar-refractivity contribution is 0.0958. The van der Waals surface area contributed by atoms with Crippen molar-refractivity contribution in [2.75, 3.05) is 12.3 Å². The molecule has 0 aliphatic carbocycles. The number of nitrogens with two attached hydrogens (primary N) is 1. The maximum atomic E-state index is 12.0. The van der Waals surface area contributed by atoms with Crippen molar-refractivity contribution < 1.29 is 9.53 Å². The summed E-state index contributed by atoms with van der Waals surface area (Å²) in [5.74, 6) is 0.412. The Hall–Kier alpha value is -2.41. The first kappa shape index (κ1) is 16.0. The highest BCUT2D eigenvalue weighted by Gasteiger charge is 2.13. The van der Waals surface area contributed by atoms with Crippen LogP contribution in [-0.4, -0.2) is 23.7 Å². The van der Waals surface area contributed by atoms with Gasteiger partial charge in [-0.2, -0.15) is 5.10 Å². The van der Waals surface area contributed by atoms with Gasteiger partial charge in [0.1, 0.15) is 10.6 Å². The van der Waals surface area contributed by atoms with Crippen molar-refractivity contribution in [2.45, 2.75) is 20.3 Å². The van der Waals surface area contributed by atoms with Crippen LogP contribution >= 0.6 is 11.3 Å². The van der Waals surface area contributed by atoms with Gasteiger partial charge in [-0.15, -0.1) is 0 Å². The van der Waals surface area contributed by atoms with Crippen molar-refractivity contribution in [3.8, 4) is 5.75 Å². The zero-order valence-corrected chi connectivity index (χ0v) is 13.3. The van der Waals surface area contributed by atoms with Crippen LogP contribution in [0.2, 0.25) is 0 Å². The molecular weight excluding hydrogens is 300 g/mol. The van der Waals surface area contributed by atoms with Gasteiger partial charge in [-0.3, -0.25) is 4.79 Å². The number of carbonyl (C=O) groups excluding carboxylic acids is 1. The fourth-order valence-corrected chi connectivity index (χ4v) is 2.49. The van der Waals surface area contributed by atoms with Crippen LogP contribution in [0.4, 0.5) is 5.13 Å². The second kappa shape index (κ2) is 7.56. The Balaban J connectivity index is 2.03. The van der Waals surface area contributed by atoms with E-state index in [0.29, 0.717) is 22.3 Å². The lowest BCUT2D eigenvalue weighted by atomic mass is 10.2. The molecule has 2 rings (SSSR count). The summed E-state index contributed by atoms with van der Waals surface area (Å²) in [4.78, 5) is 16.5. The van der Waals surface area contributed by atoms with Crippen LogP contribution in [-0.2, 0) is 0 Å². The summed E-state index contributed by atoms with van der Waals surface area (Å²) in [5, 5.41) is 4.34. The average Bonchev–Trinajstić information content (AvgIpc) is 2.85. The Morgan fingerprint density at radius 3 is 2.95 bits per heavy atom. The minimum Gasteiger partial charge on any atom is -0.493 e. The number of rotatable bonds is 6. The molecule has 6 nitrogen and oxygen atoms in total. The highest BCUT2D eigenvalue weighted by Crippen LogP contribution is 2.19. The summed E-state index contributed by atoms with van der Waals surface area (Å²) >= 11 is 1.14. The minimum atomic E-state index is -0.324. The fraction of sp³-hybridized carbons (Fsp3) is 0.267. The molecule has 0 aliphatic rings. The highest BCUT2D eigenvalue weighted by molar-refractivity contribution is 7.17. The Morgan fingerprint density at radius 1 is 1.50 bits per heavy atom. The number of anilines is 1. The number of nitrogens with one attached hydrogen (secondary N) is 1. The van der Waals surface area contributed by atoms with E-state index in [0.717, 1.165) is 29.1 Å². The summed E-state index contributed by atoms with van der Waals surface area (Å²) in [5.41, 5.74) is 9.45. The van der Waals surface area contributed by atoms with Crippen LogP contribution in [0.5, 0.6) is 5.75 Å². The third-order valence-electron chi connectivity index (χ3n) is 2.77. The number of ether oxygens (including phenoxy) is 1. The number of hydrogen-bond donors (Lipinski definition) is 2. The molecule has 1 aromatic heterocycles. The predicted molar refractivity (Wildman–Crippen MR) is 88.6 cm³/mol. The zero-order chi connectivity index (χ0) is 15.9. The van der Waals surface area contributed by atoms with Crippen LogP contribution < -0.4 is 15.9 Å². The molecule has 0 radical (unpaired) electrons. The molecule has 116 valence electrons. The zero-order valence-electron chi connectivity index (χ0n) is 12.5. The molecule has 0 aliphatic heterocycles. The molecular formula is C15H18N4O2S. The van der Waals surface area contributed by atoms with Crippen molar-refractivity contribution in [3.05, 3.63) is 40.4 Å². The van der Waals surface area contributed by atoms with Crippen LogP contribution in [0.3, 0.4) is 0 Å². The number of hydrazone groups is 1. The molecule has 0 fully saturated rings. The van der Waals surface area contributed by atoms with Gasteiger partial charge in [-0.1, -0.05) is 30.4 Å². The molecule has 0 saturated carbocycles. The Labute approximate surface area is 133 Å². The van der Waals surface area contributed by atoms with E-state index in [9.17, 15) is 4.79 Å². The summed E-state index contributed by atoms with van der Waals surface area (Å²) in [6.45, 7) is 4.41. The molecule has 0 saturated heterocycles. The van der Waals surface area contributed by atoms with Gasteiger partial charge in [-0.25, -0.2) is 10.4 Å². The molecule has 0 bridgehead atoms. The van der Waals surface area contributed by atoms with Crippen LogP contribution in [0.25, 0.3) is 0 Å². The number of amides is 1. The number of benzene rings is 1. The van der Waals surface area contributed by atoms with Gasteiger partial charge in [0, 0.05) is 5.56 Å². The summed E-state index contributed by atoms with van der Waals surface area (Å²) in [6.07, 6.45) is 2.48. The van der Waals surface area contributed by atoms with E-state index < -0.39 is 0 Å². The first-order chi connectivity index (χ1) is 10.6. The third kappa shape index (κ3) is 4.05. The average molecular weight is 318 g/mol. The van der Waals surface area contributed by atoms with Gasteiger partial charge in [0.15, 0.2) is 5.13 Å². The lowest BCUT2D eigenvalue weighted by Crippen LogP contribution is -2.17. The quantitative estimate of drug-likeness (QED) is 0.633. The predicted octanol–water partition coefficient (Wildman–Crippen LogP) is 2.59. The van der Waals surface area contributed by atoms with E-state index in [1.54, 1.807) is 13.1 Å². The van der Waals surface area contributed by atoms with E-state index in [1.807, 2.05) is 31.2 Å². The molecule has 0 atom stereocenters. The normalized spacial score (nSPS) is 10.8. The van der Waals surface area contributed by atoms with E-state index in [2.05, 4.69) is 15.5 Å². The van der Waals surface area contributed by atoms with Gasteiger partial charge < -0.3 is 10.5 Å². The standard InChI is InChI=1S/C15H18N4O2S/c1-3-8-21-12-7-5-4-6-11(12)9-17-19-14(20)13-10(2)18-15(16)22-13/h4-7,9H,3,8H2,1-2H3,(H2,16,18)(H,19,20). The van der Waals surface area contributed by atoms with Crippen LogP contribution in [0.15, 0.2) is 29.4 Å². The summed E-state index contributed by atoms with van der Waals surface area (Å²) in [6, 6.07) is 7.52. The van der Waals surface area contributed by atoms with Crippen molar-refractivity contribution in [3.63, 3.8) is 0 Å². The van der Waals surface area contributed by atoms with Crippen molar-refractivity contribution in [1.82, 2.24) is 10.4 Å². The molecule has 1 heterocycles. The van der Waals surface area contributed by atoms with Crippen molar-refractivity contribution >= 4 is 28.6 Å². The Bertz CT molecular complexity index is 682. The number of carbonyl (C=O) groups is 1. The van der Waals surface area contributed by atoms with E-state index in [1.165, 1.54) is 0 Å². The molecule has 7 heteroatoms. The van der Waals surface area contributed by atoms with Gasteiger partial charge >= 0.3 is 0 Å². The molecule has 0 spiro atoms. The summed E-state index contributed by atoms with van der Waals surface area (Å²) < 4.78 is 5.62. The fourth-order valence-electron chi connectivity index (χ4n) is 1.77. The third-order valence-corrected chi connectivity index (χ3v) is 3.76. The number of hydrogen-bond acceptors (Lipinski definition) is 6. The van der Waals surface area contributed by atoms with Crippen molar-refractivity contribution in [2.24, 2.45) is 5.10 Å². The monoisotopic (exact) mass is 318 g/mol. The largest absolute Gasteiger partial charge is 0.493 e. The van der Waals surface area contributed by atoms with Crippen LogP contribution in [0.1, 0.15) is 34.3 Å². The molecule has 1 amide bonds. The maximum absolute atomic E-state index is 12.0. The lowest BCUT2D eigenvalue weighted by Gasteiger charge is -2.07. The number of para-hydroxylation sites is 1.